The summed E-state index contributed by atoms with van der Waals surface area (Å²) in [6, 6.07) is 4.34. The van der Waals surface area contributed by atoms with Gasteiger partial charge in [-0.3, -0.25) is 0 Å². The largest absolute Gasteiger partial charge is 0.456 e. The number of benzene rings is 1. The lowest BCUT2D eigenvalue weighted by Crippen LogP contribution is -2.42. The average molecular weight is 282 g/mol. The first-order valence-corrected chi connectivity index (χ1v) is 5.89. The van der Waals surface area contributed by atoms with E-state index in [-0.39, 0.29) is 17.5 Å². The minimum atomic E-state index is -5.78. The number of rotatable bonds is 4. The molecule has 0 bridgehead atoms. The summed E-state index contributed by atoms with van der Waals surface area (Å²) in [7, 11) is 0. The molecule has 0 aromatic heterocycles. The molecule has 0 saturated carbocycles. The average Bonchev–Trinajstić information content (AvgIpc) is 2.35. The first kappa shape index (κ1) is 15.9. The van der Waals surface area contributed by atoms with Gasteiger partial charge in [-0.2, -0.15) is 22.0 Å². The van der Waals surface area contributed by atoms with Crippen LogP contribution in [0.15, 0.2) is 18.2 Å². The van der Waals surface area contributed by atoms with Gasteiger partial charge in [0.05, 0.1) is 0 Å². The molecule has 1 rings (SSSR count). The van der Waals surface area contributed by atoms with Crippen LogP contribution in [-0.4, -0.2) is 17.2 Å². The van der Waals surface area contributed by atoms with Crippen molar-refractivity contribution in [2.75, 3.05) is 0 Å². The number of halogens is 5. The van der Waals surface area contributed by atoms with Crippen molar-refractivity contribution >= 4 is 0 Å². The molecule has 0 spiro atoms. The Hall–Kier alpha value is -1.17. The molecule has 1 atom stereocenters. The summed E-state index contributed by atoms with van der Waals surface area (Å²) >= 11 is 0. The first-order valence-electron chi connectivity index (χ1n) is 5.89. The maximum absolute atomic E-state index is 13.2. The van der Waals surface area contributed by atoms with Crippen molar-refractivity contribution in [3.8, 4) is 0 Å². The van der Waals surface area contributed by atoms with Crippen molar-refractivity contribution in [3.63, 3.8) is 0 Å². The predicted molar refractivity (Wildman–Crippen MR) is 61.2 cm³/mol. The Bertz CT molecular complexity index is 439. The molecule has 19 heavy (non-hydrogen) atoms. The Morgan fingerprint density at radius 3 is 2.05 bits per heavy atom. The molecule has 1 aromatic rings. The summed E-state index contributed by atoms with van der Waals surface area (Å²) in [4.78, 5) is 0. The highest BCUT2D eigenvalue weighted by molar-refractivity contribution is 5.35. The topological polar surface area (TPSA) is 20.2 Å². The Kier molecular flexibility index (Phi) is 4.55. The number of alkyl halides is 5. The van der Waals surface area contributed by atoms with Gasteiger partial charge in [0.15, 0.2) is 6.10 Å². The van der Waals surface area contributed by atoms with Gasteiger partial charge in [0.1, 0.15) is 0 Å². The minimum absolute atomic E-state index is 0.268. The second-order valence-electron chi connectivity index (χ2n) is 4.26. The predicted octanol–water partition coefficient (Wildman–Crippen LogP) is 4.04. The normalized spacial score (nSPS) is 14.5. The molecule has 6 heteroatoms. The fourth-order valence-electron chi connectivity index (χ4n) is 1.79. The zero-order chi connectivity index (χ0) is 14.8. The molecular formula is C13H15F5O. The quantitative estimate of drug-likeness (QED) is 0.826. The summed E-state index contributed by atoms with van der Waals surface area (Å²) in [5.41, 5.74) is 0.530. The van der Waals surface area contributed by atoms with Gasteiger partial charge in [0.25, 0.3) is 0 Å². The highest BCUT2D eigenvalue weighted by Gasteiger charge is 2.62. The van der Waals surface area contributed by atoms with E-state index in [0.29, 0.717) is 12.0 Å². The summed E-state index contributed by atoms with van der Waals surface area (Å²) < 4.78 is 63.2. The van der Waals surface area contributed by atoms with Crippen molar-refractivity contribution in [1.82, 2.24) is 0 Å². The number of aryl methyl sites for hydroxylation is 2. The van der Waals surface area contributed by atoms with Crippen molar-refractivity contribution in [2.24, 2.45) is 0 Å². The smallest absolute Gasteiger partial charge is 0.382 e. The Balaban J connectivity index is 3.28. The van der Waals surface area contributed by atoms with Crippen LogP contribution in [0.1, 0.15) is 36.6 Å². The Morgan fingerprint density at radius 2 is 1.63 bits per heavy atom. The molecule has 1 aromatic carbocycles. The van der Waals surface area contributed by atoms with Crippen LogP contribution in [-0.2, 0) is 12.8 Å². The maximum atomic E-state index is 13.2. The molecule has 0 aliphatic heterocycles. The number of hydrogen-bond donors (Lipinski definition) is 1. The van der Waals surface area contributed by atoms with E-state index in [4.69, 9.17) is 0 Å². The van der Waals surface area contributed by atoms with E-state index < -0.39 is 18.2 Å². The van der Waals surface area contributed by atoms with Crippen LogP contribution in [0.3, 0.4) is 0 Å². The van der Waals surface area contributed by atoms with Gasteiger partial charge in [0.2, 0.25) is 0 Å². The second-order valence-corrected chi connectivity index (χ2v) is 4.26. The zero-order valence-corrected chi connectivity index (χ0v) is 10.6. The third-order valence-corrected chi connectivity index (χ3v) is 3.02. The first-order chi connectivity index (χ1) is 8.65. The van der Waals surface area contributed by atoms with Crippen molar-refractivity contribution < 1.29 is 27.1 Å². The van der Waals surface area contributed by atoms with E-state index in [1.807, 2.05) is 0 Å². The molecule has 1 unspecified atom stereocenters. The third kappa shape index (κ3) is 3.05. The van der Waals surface area contributed by atoms with Crippen LogP contribution in [0.4, 0.5) is 22.0 Å². The van der Waals surface area contributed by atoms with E-state index in [2.05, 4.69) is 0 Å². The molecule has 0 aliphatic carbocycles. The Morgan fingerprint density at radius 1 is 1.05 bits per heavy atom. The Labute approximate surface area is 108 Å². The lowest BCUT2D eigenvalue weighted by molar-refractivity contribution is -0.315. The molecule has 0 radical (unpaired) electrons. The van der Waals surface area contributed by atoms with Crippen LogP contribution >= 0.6 is 0 Å². The van der Waals surface area contributed by atoms with E-state index in [1.165, 1.54) is 12.1 Å². The van der Waals surface area contributed by atoms with E-state index in [1.54, 1.807) is 19.9 Å². The van der Waals surface area contributed by atoms with Crippen LogP contribution in [0, 0.1) is 0 Å². The van der Waals surface area contributed by atoms with Gasteiger partial charge in [0, 0.05) is 0 Å². The van der Waals surface area contributed by atoms with Gasteiger partial charge < -0.3 is 5.11 Å². The monoisotopic (exact) mass is 282 g/mol. The minimum Gasteiger partial charge on any atom is -0.382 e. The van der Waals surface area contributed by atoms with Gasteiger partial charge in [-0.15, -0.1) is 0 Å². The third-order valence-electron chi connectivity index (χ3n) is 3.02. The van der Waals surface area contributed by atoms with E-state index in [0.717, 1.165) is 0 Å². The molecule has 0 heterocycles. The summed E-state index contributed by atoms with van der Waals surface area (Å²) in [6.07, 6.45) is -7.90. The van der Waals surface area contributed by atoms with Crippen LogP contribution in [0.5, 0.6) is 0 Å². The summed E-state index contributed by atoms with van der Waals surface area (Å²) in [5, 5.41) is 9.45. The molecule has 0 aliphatic rings. The summed E-state index contributed by atoms with van der Waals surface area (Å²) in [6.45, 7) is 3.38. The molecular weight excluding hydrogens is 267 g/mol. The molecule has 0 amide bonds. The number of aliphatic hydroxyl groups excluding tert-OH is 1. The second kappa shape index (κ2) is 5.45. The van der Waals surface area contributed by atoms with Crippen LogP contribution in [0.2, 0.25) is 0 Å². The van der Waals surface area contributed by atoms with Crippen molar-refractivity contribution in [3.05, 3.63) is 34.9 Å². The molecule has 108 valence electrons. The highest BCUT2D eigenvalue weighted by Crippen LogP contribution is 2.45. The SMILES string of the molecule is CCc1ccc(CC)c(C(O)C(F)(F)C(F)(F)F)c1. The highest BCUT2D eigenvalue weighted by atomic mass is 19.4. The van der Waals surface area contributed by atoms with Gasteiger partial charge >= 0.3 is 12.1 Å². The van der Waals surface area contributed by atoms with E-state index in [9.17, 15) is 27.1 Å². The standard InChI is InChI=1S/C13H15F5O/c1-3-8-5-6-9(4-2)10(7-8)11(19)12(14,15)13(16,17)18/h5-7,11,19H,3-4H2,1-2H3. The van der Waals surface area contributed by atoms with E-state index >= 15 is 0 Å². The molecule has 0 fully saturated rings. The maximum Gasteiger partial charge on any atom is 0.456 e. The van der Waals surface area contributed by atoms with Crippen LogP contribution < -0.4 is 0 Å². The van der Waals surface area contributed by atoms with Gasteiger partial charge in [-0.05, 0) is 29.5 Å². The van der Waals surface area contributed by atoms with Gasteiger partial charge in [-0.25, -0.2) is 0 Å². The molecule has 1 nitrogen and oxygen atoms in total. The number of hydrogen-bond acceptors (Lipinski definition) is 1. The van der Waals surface area contributed by atoms with Crippen molar-refractivity contribution in [1.29, 1.82) is 0 Å². The van der Waals surface area contributed by atoms with Gasteiger partial charge in [-0.1, -0.05) is 32.0 Å². The lowest BCUT2D eigenvalue weighted by atomic mass is 9.93. The lowest BCUT2D eigenvalue weighted by Gasteiger charge is -2.26. The zero-order valence-electron chi connectivity index (χ0n) is 10.6. The van der Waals surface area contributed by atoms with Crippen LogP contribution in [0.25, 0.3) is 0 Å². The molecule has 1 N–H and O–H groups in total. The summed E-state index contributed by atoms with van der Waals surface area (Å²) in [5.74, 6) is -5.16. The number of aliphatic hydroxyl groups is 1. The fraction of sp³-hybridized carbons (Fsp3) is 0.538. The molecule has 0 saturated heterocycles. The van der Waals surface area contributed by atoms with Crippen molar-refractivity contribution in [2.45, 2.75) is 44.9 Å². The fourth-order valence-corrected chi connectivity index (χ4v) is 1.79.